The van der Waals surface area contributed by atoms with Crippen molar-refractivity contribution in [3.05, 3.63) is 22.8 Å². The van der Waals surface area contributed by atoms with Crippen LogP contribution >= 0.6 is 0 Å². The molecule has 1 rings (SSSR count). The van der Waals surface area contributed by atoms with E-state index in [4.69, 9.17) is 4.74 Å². The minimum absolute atomic E-state index is 0.505. The Bertz CT molecular complexity index is 370. The monoisotopic (exact) mass is 265 g/mol. The van der Waals surface area contributed by atoms with E-state index in [0.717, 1.165) is 36.7 Å². The first-order chi connectivity index (χ1) is 9.08. The number of aromatic nitrogens is 2. The second-order valence-electron chi connectivity index (χ2n) is 5.04. The molecule has 0 saturated carbocycles. The van der Waals surface area contributed by atoms with Crippen LogP contribution in [-0.4, -0.2) is 29.7 Å². The van der Waals surface area contributed by atoms with Gasteiger partial charge in [0, 0.05) is 18.0 Å². The third-order valence-corrected chi connectivity index (χ3v) is 3.20. The van der Waals surface area contributed by atoms with E-state index in [1.807, 2.05) is 6.92 Å². The minimum atomic E-state index is 0.505. The fourth-order valence-electron chi connectivity index (χ4n) is 2.17. The Morgan fingerprint density at radius 2 is 1.79 bits per heavy atom. The highest BCUT2D eigenvalue weighted by atomic mass is 16.5. The second-order valence-corrected chi connectivity index (χ2v) is 5.04. The summed E-state index contributed by atoms with van der Waals surface area (Å²) in [6.45, 7) is 13.8. The van der Waals surface area contributed by atoms with Crippen LogP contribution in [0.15, 0.2) is 0 Å². The third-order valence-electron chi connectivity index (χ3n) is 3.20. The Balaban J connectivity index is 2.73. The number of nitrogens with one attached hydrogen (secondary N) is 1. The number of rotatable bonds is 8. The van der Waals surface area contributed by atoms with Gasteiger partial charge >= 0.3 is 0 Å². The lowest BCUT2D eigenvalue weighted by Crippen LogP contribution is -2.22. The van der Waals surface area contributed by atoms with Crippen molar-refractivity contribution in [1.29, 1.82) is 0 Å². The Morgan fingerprint density at radius 1 is 1.16 bits per heavy atom. The van der Waals surface area contributed by atoms with Crippen LogP contribution in [0.5, 0.6) is 0 Å². The molecular formula is C15H27N3O. The van der Waals surface area contributed by atoms with E-state index in [2.05, 4.69) is 43.0 Å². The molecule has 1 unspecified atom stereocenters. The van der Waals surface area contributed by atoms with Crippen LogP contribution in [0.3, 0.4) is 0 Å². The lowest BCUT2D eigenvalue weighted by molar-refractivity contribution is 0.128. The summed E-state index contributed by atoms with van der Waals surface area (Å²) in [4.78, 5) is 9.10. The van der Waals surface area contributed by atoms with Crippen molar-refractivity contribution in [2.45, 2.75) is 47.6 Å². The minimum Gasteiger partial charge on any atom is -0.374 e. The largest absolute Gasteiger partial charge is 0.374 e. The molecule has 108 valence electrons. The number of ether oxygens (including phenoxy) is 1. The zero-order valence-electron chi connectivity index (χ0n) is 12.9. The highest BCUT2D eigenvalue weighted by Crippen LogP contribution is 2.15. The second kappa shape index (κ2) is 8.23. The molecule has 0 aromatic carbocycles. The molecule has 1 aromatic rings. The number of hydrogen-bond donors (Lipinski definition) is 1. The average molecular weight is 265 g/mol. The van der Waals surface area contributed by atoms with Gasteiger partial charge in [-0.3, -0.25) is 0 Å². The first-order valence-electron chi connectivity index (χ1n) is 7.19. The van der Waals surface area contributed by atoms with E-state index < -0.39 is 0 Å². The van der Waals surface area contributed by atoms with Crippen molar-refractivity contribution >= 4 is 0 Å². The molecular weight excluding hydrogens is 238 g/mol. The summed E-state index contributed by atoms with van der Waals surface area (Å²) in [6, 6.07) is 0. The Kier molecular flexibility index (Phi) is 6.95. The Labute approximate surface area is 117 Å². The van der Waals surface area contributed by atoms with Gasteiger partial charge in [-0.15, -0.1) is 0 Å². The van der Waals surface area contributed by atoms with Gasteiger partial charge < -0.3 is 10.1 Å². The molecule has 1 heterocycles. The third kappa shape index (κ3) is 5.25. The number of hydrogen-bond acceptors (Lipinski definition) is 4. The summed E-state index contributed by atoms with van der Waals surface area (Å²) in [5, 5.41) is 3.39. The maximum Gasteiger partial charge on any atom is 0.154 e. The predicted octanol–water partition coefficient (Wildman–Crippen LogP) is 2.42. The van der Waals surface area contributed by atoms with Crippen molar-refractivity contribution < 1.29 is 4.74 Å². The molecule has 1 N–H and O–H groups in total. The van der Waals surface area contributed by atoms with Crippen molar-refractivity contribution in [3.63, 3.8) is 0 Å². The summed E-state index contributed by atoms with van der Waals surface area (Å²) in [7, 11) is 0. The highest BCUT2D eigenvalue weighted by Gasteiger charge is 2.12. The lowest BCUT2D eigenvalue weighted by atomic mass is 9.98. The molecule has 1 aromatic heterocycles. The van der Waals surface area contributed by atoms with Crippen LogP contribution in [0, 0.1) is 19.8 Å². The lowest BCUT2D eigenvalue weighted by Gasteiger charge is -2.16. The van der Waals surface area contributed by atoms with Crippen molar-refractivity contribution in [1.82, 2.24) is 15.3 Å². The van der Waals surface area contributed by atoms with Crippen molar-refractivity contribution in [2.24, 2.45) is 5.92 Å². The molecule has 0 aliphatic carbocycles. The van der Waals surface area contributed by atoms with Gasteiger partial charge in [-0.05, 0) is 51.8 Å². The van der Waals surface area contributed by atoms with Crippen LogP contribution < -0.4 is 5.32 Å². The highest BCUT2D eigenvalue weighted by molar-refractivity contribution is 5.24. The molecule has 1 atom stereocenters. The van der Waals surface area contributed by atoms with Crippen LogP contribution in [0.25, 0.3) is 0 Å². The molecule has 0 amide bonds. The van der Waals surface area contributed by atoms with Crippen LogP contribution in [-0.2, 0) is 17.8 Å². The molecule has 0 aliphatic heterocycles. The Hall–Kier alpha value is -1.00. The van der Waals surface area contributed by atoms with Crippen LogP contribution in [0.2, 0.25) is 0 Å². The van der Waals surface area contributed by atoms with Gasteiger partial charge in [0.25, 0.3) is 0 Å². The Morgan fingerprint density at radius 3 is 2.32 bits per heavy atom. The zero-order chi connectivity index (χ0) is 14.3. The molecule has 4 nitrogen and oxygen atoms in total. The fourth-order valence-corrected chi connectivity index (χ4v) is 2.17. The fraction of sp³-hybridized carbons (Fsp3) is 0.733. The van der Waals surface area contributed by atoms with Crippen molar-refractivity contribution in [3.8, 4) is 0 Å². The predicted molar refractivity (Wildman–Crippen MR) is 78.2 cm³/mol. The maximum absolute atomic E-state index is 5.37. The average Bonchev–Trinajstić information content (AvgIpc) is 2.38. The van der Waals surface area contributed by atoms with Gasteiger partial charge in [0.2, 0.25) is 0 Å². The smallest absolute Gasteiger partial charge is 0.154 e. The molecule has 0 bridgehead atoms. The first kappa shape index (κ1) is 16.1. The molecule has 19 heavy (non-hydrogen) atoms. The van der Waals surface area contributed by atoms with Gasteiger partial charge in [0.05, 0.1) is 0 Å². The van der Waals surface area contributed by atoms with Crippen LogP contribution in [0.4, 0.5) is 0 Å². The summed E-state index contributed by atoms with van der Waals surface area (Å²) in [5.41, 5.74) is 3.46. The summed E-state index contributed by atoms with van der Waals surface area (Å²) in [5.74, 6) is 1.39. The van der Waals surface area contributed by atoms with E-state index in [-0.39, 0.29) is 0 Å². The zero-order valence-corrected chi connectivity index (χ0v) is 12.9. The van der Waals surface area contributed by atoms with Gasteiger partial charge in [-0.1, -0.05) is 13.8 Å². The van der Waals surface area contributed by atoms with E-state index in [1.54, 1.807) is 0 Å². The van der Waals surface area contributed by atoms with Gasteiger partial charge in [-0.2, -0.15) is 0 Å². The van der Waals surface area contributed by atoms with Gasteiger partial charge in [-0.25, -0.2) is 9.97 Å². The first-order valence-corrected chi connectivity index (χ1v) is 7.19. The van der Waals surface area contributed by atoms with E-state index in [1.165, 1.54) is 5.56 Å². The topological polar surface area (TPSA) is 47.0 Å². The molecule has 0 saturated heterocycles. The summed E-state index contributed by atoms with van der Waals surface area (Å²) >= 11 is 0. The number of aryl methyl sites for hydroxylation is 2. The van der Waals surface area contributed by atoms with Gasteiger partial charge in [0.1, 0.15) is 6.61 Å². The number of nitrogens with zero attached hydrogens (tertiary/aromatic N) is 2. The molecule has 0 radical (unpaired) electrons. The van der Waals surface area contributed by atoms with Crippen molar-refractivity contribution in [2.75, 3.05) is 19.7 Å². The SMILES string of the molecule is CCNCC(C)Cc1c(C)nc(COCC)nc1C. The van der Waals surface area contributed by atoms with E-state index in [9.17, 15) is 0 Å². The summed E-state index contributed by atoms with van der Waals surface area (Å²) < 4.78 is 5.37. The normalized spacial score (nSPS) is 12.7. The summed E-state index contributed by atoms with van der Waals surface area (Å²) in [6.07, 6.45) is 1.03. The molecule has 0 aliphatic rings. The standard InChI is InChI=1S/C15H27N3O/c1-6-16-9-11(3)8-14-12(4)17-15(10-19-7-2)18-13(14)5/h11,16H,6-10H2,1-5H3. The molecule has 0 fully saturated rings. The molecule has 4 heteroatoms. The van der Waals surface area contributed by atoms with E-state index >= 15 is 0 Å². The van der Waals surface area contributed by atoms with Gasteiger partial charge in [0.15, 0.2) is 5.82 Å². The van der Waals surface area contributed by atoms with Crippen LogP contribution in [0.1, 0.15) is 43.5 Å². The van der Waals surface area contributed by atoms with E-state index in [0.29, 0.717) is 19.1 Å². The molecule has 0 spiro atoms. The maximum atomic E-state index is 5.37. The quantitative estimate of drug-likeness (QED) is 0.784.